The number of hydrogen-bond acceptors (Lipinski definition) is 1. The number of nitrogens with zero attached hydrogens (tertiary/aromatic N) is 1. The lowest BCUT2D eigenvalue weighted by molar-refractivity contribution is -0.227. The first-order chi connectivity index (χ1) is 14.3. The fraction of sp³-hybridized carbons (Fsp3) is 0.833. The summed E-state index contributed by atoms with van der Waals surface area (Å²) in [4.78, 5) is 0. The maximum absolute atomic E-state index is 9.40. The first-order valence-corrected chi connectivity index (χ1v) is 13.1. The molecule has 4 aliphatic rings. The molecule has 31 heavy (non-hydrogen) atoms. The average Bonchev–Trinajstić information content (AvgIpc) is 2.69. The zero-order valence-corrected chi connectivity index (χ0v) is 21.5. The van der Waals surface area contributed by atoms with Crippen LogP contribution in [0.15, 0.2) is 23.8 Å². The first-order valence-electron chi connectivity index (χ1n) is 13.1. The number of allylic oxidation sites excluding steroid dienone is 3. The van der Waals surface area contributed by atoms with Gasteiger partial charge in [0.25, 0.3) is 0 Å². The molecule has 1 nitrogen and oxygen atoms in total. The van der Waals surface area contributed by atoms with Crippen LogP contribution in [-0.4, -0.2) is 0 Å². The molecule has 0 bridgehead atoms. The lowest BCUT2D eigenvalue weighted by Gasteiger charge is -2.72. The van der Waals surface area contributed by atoms with Gasteiger partial charge in [-0.05, 0) is 115 Å². The van der Waals surface area contributed by atoms with Crippen molar-refractivity contribution >= 4 is 0 Å². The molecule has 0 spiro atoms. The molecule has 3 fully saturated rings. The van der Waals surface area contributed by atoms with E-state index in [1.165, 1.54) is 62.5 Å². The average molecular weight is 422 g/mol. The highest BCUT2D eigenvalue weighted by molar-refractivity contribution is 5.35. The number of nitriles is 1. The summed E-state index contributed by atoms with van der Waals surface area (Å²) in [6, 6.07) is 2.45. The van der Waals surface area contributed by atoms with E-state index in [-0.39, 0.29) is 0 Å². The smallest absolute Gasteiger partial charge is 0.0621 e. The molecule has 0 aliphatic heterocycles. The molecule has 3 saturated carbocycles. The van der Waals surface area contributed by atoms with Gasteiger partial charge in [0.15, 0.2) is 0 Å². The Morgan fingerprint density at radius 3 is 2.23 bits per heavy atom. The molecule has 0 aromatic heterocycles. The van der Waals surface area contributed by atoms with E-state index >= 15 is 0 Å². The van der Waals surface area contributed by atoms with Crippen molar-refractivity contribution in [1.82, 2.24) is 0 Å². The Bertz CT molecular complexity index is 826. The largest absolute Gasteiger partial charge is 0.198 e. The van der Waals surface area contributed by atoms with Crippen molar-refractivity contribution in [3.8, 4) is 6.07 Å². The van der Waals surface area contributed by atoms with E-state index < -0.39 is 0 Å². The number of fused-ring (bicyclic) bond motifs is 5. The molecule has 172 valence electrons. The van der Waals surface area contributed by atoms with Crippen LogP contribution in [0.5, 0.6) is 0 Å². The molecule has 0 radical (unpaired) electrons. The van der Waals surface area contributed by atoms with Crippen molar-refractivity contribution in [1.29, 1.82) is 5.26 Å². The normalized spacial score (nSPS) is 48.5. The van der Waals surface area contributed by atoms with Gasteiger partial charge in [-0.1, -0.05) is 59.8 Å². The zero-order valence-electron chi connectivity index (χ0n) is 21.5. The quantitative estimate of drug-likeness (QED) is 0.446. The summed E-state index contributed by atoms with van der Waals surface area (Å²) >= 11 is 0. The van der Waals surface area contributed by atoms with Gasteiger partial charge in [0.1, 0.15) is 0 Å². The maximum atomic E-state index is 9.40. The van der Waals surface area contributed by atoms with Crippen LogP contribution in [0, 0.1) is 56.2 Å². The molecule has 4 aliphatic carbocycles. The van der Waals surface area contributed by atoms with Gasteiger partial charge in [-0.25, -0.2) is 0 Å². The van der Waals surface area contributed by atoms with E-state index in [4.69, 9.17) is 0 Å². The Labute approximate surface area is 192 Å². The van der Waals surface area contributed by atoms with Crippen molar-refractivity contribution in [3.05, 3.63) is 23.8 Å². The molecule has 0 heterocycles. The minimum atomic E-state index is 0.298. The molecule has 0 unspecified atom stereocenters. The monoisotopic (exact) mass is 421 g/mol. The Kier molecular flexibility index (Phi) is 5.40. The molecule has 1 heteroatoms. The second kappa shape index (κ2) is 7.23. The van der Waals surface area contributed by atoms with Gasteiger partial charge in [-0.2, -0.15) is 5.26 Å². The third-order valence-corrected chi connectivity index (χ3v) is 11.8. The first kappa shape index (κ1) is 23.1. The summed E-state index contributed by atoms with van der Waals surface area (Å²) in [5, 5.41) is 9.40. The van der Waals surface area contributed by atoms with E-state index in [0.29, 0.717) is 39.4 Å². The van der Waals surface area contributed by atoms with Gasteiger partial charge in [0, 0.05) is 6.42 Å². The van der Waals surface area contributed by atoms with Crippen molar-refractivity contribution in [3.63, 3.8) is 0 Å². The highest BCUT2D eigenvalue weighted by Crippen LogP contribution is 2.76. The summed E-state index contributed by atoms with van der Waals surface area (Å²) in [5.41, 5.74) is 4.83. The molecule has 0 aromatic carbocycles. The Hall–Kier alpha value is -1.03. The highest BCUT2D eigenvalue weighted by Gasteiger charge is 2.68. The predicted octanol–water partition coefficient (Wildman–Crippen LogP) is 8.87. The lowest BCUT2D eigenvalue weighted by atomic mass is 9.32. The van der Waals surface area contributed by atoms with Crippen LogP contribution in [0.2, 0.25) is 0 Å². The van der Waals surface area contributed by atoms with Gasteiger partial charge in [-0.3, -0.25) is 0 Å². The molecule has 0 N–H and O–H groups in total. The maximum Gasteiger partial charge on any atom is 0.0621 e. The zero-order chi connectivity index (χ0) is 22.9. The molecule has 7 atom stereocenters. The Morgan fingerprint density at radius 1 is 0.968 bits per heavy atom. The number of hydrogen-bond donors (Lipinski definition) is 0. The minimum Gasteiger partial charge on any atom is -0.198 e. The summed E-state index contributed by atoms with van der Waals surface area (Å²) in [6.45, 7) is 22.2. The van der Waals surface area contributed by atoms with Crippen LogP contribution >= 0.6 is 0 Å². The topological polar surface area (TPSA) is 23.8 Å². The van der Waals surface area contributed by atoms with Crippen LogP contribution in [0.1, 0.15) is 113 Å². The third kappa shape index (κ3) is 3.21. The fourth-order valence-corrected chi connectivity index (χ4v) is 9.54. The Balaban J connectivity index is 1.77. The van der Waals surface area contributed by atoms with E-state index in [2.05, 4.69) is 67.2 Å². The van der Waals surface area contributed by atoms with Gasteiger partial charge >= 0.3 is 0 Å². The van der Waals surface area contributed by atoms with Crippen LogP contribution in [0.25, 0.3) is 0 Å². The second-order valence-corrected chi connectivity index (χ2v) is 13.9. The van der Waals surface area contributed by atoms with E-state index in [0.717, 1.165) is 18.3 Å². The van der Waals surface area contributed by atoms with E-state index in [9.17, 15) is 5.26 Å². The van der Waals surface area contributed by atoms with E-state index in [1.807, 2.05) is 0 Å². The summed E-state index contributed by atoms with van der Waals surface area (Å²) in [6.07, 6.45) is 15.1. The SMILES string of the molecule is C=C(C)C1=CC[C@H]2[C@@](C)(CC[C@@]3(C)[C@@H]4CC(C)(C)CC[C@]4(C)CC[C@]23C)[C@@H]1CCC#N. The molecular weight excluding hydrogens is 374 g/mol. The molecule has 0 saturated heterocycles. The van der Waals surface area contributed by atoms with Gasteiger partial charge in [-0.15, -0.1) is 0 Å². The predicted molar refractivity (Wildman–Crippen MR) is 131 cm³/mol. The fourth-order valence-electron chi connectivity index (χ4n) is 9.54. The van der Waals surface area contributed by atoms with Crippen LogP contribution in [-0.2, 0) is 0 Å². The molecule has 0 amide bonds. The van der Waals surface area contributed by atoms with Crippen molar-refractivity contribution < 1.29 is 0 Å². The molecule has 0 aromatic rings. The van der Waals surface area contributed by atoms with Crippen molar-refractivity contribution in [2.45, 2.75) is 113 Å². The van der Waals surface area contributed by atoms with Crippen molar-refractivity contribution in [2.24, 2.45) is 44.8 Å². The molecular formula is C30H47N. The standard InChI is InChI=1S/C30H47N/c1-21(2)22-11-12-24-28(6,23(22)10-9-19-31)16-18-30(8)25-20-26(3,4)13-14-27(25,5)15-17-29(24,30)7/h11,23-25H,1,9-10,12-18,20H2,2-8H3/t23-,24+,25-,27-,28+,29-,30+/m1/s1. The summed E-state index contributed by atoms with van der Waals surface area (Å²) < 4.78 is 0. The second-order valence-electron chi connectivity index (χ2n) is 13.9. The number of rotatable bonds is 3. The Morgan fingerprint density at radius 2 is 1.58 bits per heavy atom. The van der Waals surface area contributed by atoms with Crippen LogP contribution in [0.4, 0.5) is 0 Å². The van der Waals surface area contributed by atoms with Gasteiger partial charge in [0.05, 0.1) is 6.07 Å². The summed E-state index contributed by atoms with van der Waals surface area (Å²) in [7, 11) is 0. The van der Waals surface area contributed by atoms with Gasteiger partial charge < -0.3 is 0 Å². The van der Waals surface area contributed by atoms with E-state index in [1.54, 1.807) is 0 Å². The minimum absolute atomic E-state index is 0.298. The molecule has 4 rings (SSSR count). The van der Waals surface area contributed by atoms with Gasteiger partial charge in [0.2, 0.25) is 0 Å². The highest BCUT2D eigenvalue weighted by atomic mass is 14.7. The summed E-state index contributed by atoms with van der Waals surface area (Å²) in [5.74, 6) is 2.07. The van der Waals surface area contributed by atoms with Crippen molar-refractivity contribution in [2.75, 3.05) is 0 Å². The van der Waals surface area contributed by atoms with Crippen LogP contribution in [0.3, 0.4) is 0 Å². The third-order valence-electron chi connectivity index (χ3n) is 11.8. The lowest BCUT2D eigenvalue weighted by Crippen LogP contribution is -2.65. The van der Waals surface area contributed by atoms with Crippen LogP contribution < -0.4 is 0 Å².